The van der Waals surface area contributed by atoms with Crippen LogP contribution in [0.25, 0.3) is 0 Å². The van der Waals surface area contributed by atoms with Gasteiger partial charge in [-0.3, -0.25) is 9.00 Å². The van der Waals surface area contributed by atoms with Crippen molar-refractivity contribution in [3.05, 3.63) is 11.8 Å². The van der Waals surface area contributed by atoms with E-state index in [9.17, 15) is 9.00 Å². The Kier molecular flexibility index (Phi) is 3.56. The minimum absolute atomic E-state index is 0.0468. The molecule has 4 nitrogen and oxygen atoms in total. The lowest BCUT2D eigenvalue weighted by Gasteiger charge is -2.37. The molecule has 2 aliphatic heterocycles. The largest absolute Gasteiger partial charge is 0.488 e. The van der Waals surface area contributed by atoms with Crippen LogP contribution in [0.15, 0.2) is 11.8 Å². The number of hydrogen-bond donors (Lipinski definition) is 0. The van der Waals surface area contributed by atoms with Crippen molar-refractivity contribution in [3.63, 3.8) is 0 Å². The monoisotopic (exact) mass is 257 g/mol. The van der Waals surface area contributed by atoms with Gasteiger partial charge >= 0.3 is 0 Å². The fourth-order valence-electron chi connectivity index (χ4n) is 2.12. The van der Waals surface area contributed by atoms with E-state index < -0.39 is 10.8 Å². The summed E-state index contributed by atoms with van der Waals surface area (Å²) in [6, 6.07) is 0. The summed E-state index contributed by atoms with van der Waals surface area (Å²) in [5.74, 6) is 0.987. The summed E-state index contributed by atoms with van der Waals surface area (Å²) in [5, 5.41) is 0. The Morgan fingerprint density at radius 1 is 1.53 bits per heavy atom. The highest BCUT2D eigenvalue weighted by atomic mass is 32.2. The van der Waals surface area contributed by atoms with Crippen LogP contribution in [0.1, 0.15) is 26.7 Å². The van der Waals surface area contributed by atoms with E-state index in [1.807, 2.05) is 19.9 Å². The molecule has 0 aromatic rings. The Balaban J connectivity index is 2.06. The van der Waals surface area contributed by atoms with E-state index in [2.05, 4.69) is 0 Å². The fraction of sp³-hybridized carbons (Fsp3) is 0.750. The molecular formula is C12H19NO3S. The maximum absolute atomic E-state index is 12.2. The van der Waals surface area contributed by atoms with Gasteiger partial charge in [0.05, 0.1) is 11.4 Å². The van der Waals surface area contributed by atoms with Gasteiger partial charge < -0.3 is 9.64 Å². The lowest BCUT2D eigenvalue weighted by atomic mass is 10.1. The molecule has 17 heavy (non-hydrogen) atoms. The minimum atomic E-state index is -0.847. The molecule has 1 saturated heterocycles. The number of allylic oxidation sites excluding steroid dienone is 1. The number of rotatable bonds is 1. The molecule has 96 valence electrons. The Morgan fingerprint density at radius 3 is 2.88 bits per heavy atom. The summed E-state index contributed by atoms with van der Waals surface area (Å²) in [6.45, 7) is 5.62. The van der Waals surface area contributed by atoms with E-state index in [1.165, 1.54) is 0 Å². The van der Waals surface area contributed by atoms with E-state index in [1.54, 1.807) is 4.90 Å². The molecule has 0 aromatic heterocycles. The van der Waals surface area contributed by atoms with E-state index >= 15 is 0 Å². The molecule has 0 aromatic carbocycles. The first-order valence-electron chi connectivity index (χ1n) is 6.01. The molecule has 0 N–H and O–H groups in total. The van der Waals surface area contributed by atoms with Crippen LogP contribution < -0.4 is 0 Å². The van der Waals surface area contributed by atoms with Gasteiger partial charge in [-0.1, -0.05) is 0 Å². The first-order chi connectivity index (χ1) is 8.00. The molecule has 1 amide bonds. The van der Waals surface area contributed by atoms with Crippen LogP contribution in [0.5, 0.6) is 0 Å². The SMILES string of the molecule is CC1(C)CN(C(=O)C2=CCCCO2)CCS1=O. The number of ether oxygens (including phenoxy) is 1. The van der Waals surface area contributed by atoms with Gasteiger partial charge in [0, 0.05) is 29.6 Å². The summed E-state index contributed by atoms with van der Waals surface area (Å²) in [7, 11) is -0.847. The summed E-state index contributed by atoms with van der Waals surface area (Å²) >= 11 is 0. The molecule has 2 rings (SSSR count). The number of carbonyl (C=O) groups excluding carboxylic acids is 1. The molecule has 2 aliphatic rings. The molecule has 0 saturated carbocycles. The van der Waals surface area contributed by atoms with Crippen molar-refractivity contribution in [3.8, 4) is 0 Å². The highest BCUT2D eigenvalue weighted by Gasteiger charge is 2.36. The average molecular weight is 257 g/mol. The van der Waals surface area contributed by atoms with E-state index in [0.717, 1.165) is 12.8 Å². The standard InChI is InChI=1S/C12H19NO3S/c1-12(2)9-13(6-8-17(12)15)11(14)10-5-3-4-7-16-10/h5H,3-4,6-9H2,1-2H3. The van der Waals surface area contributed by atoms with E-state index in [4.69, 9.17) is 4.74 Å². The highest BCUT2D eigenvalue weighted by molar-refractivity contribution is 7.86. The van der Waals surface area contributed by atoms with Gasteiger partial charge in [-0.2, -0.15) is 0 Å². The zero-order valence-electron chi connectivity index (χ0n) is 10.4. The van der Waals surface area contributed by atoms with Gasteiger partial charge in [0.2, 0.25) is 0 Å². The van der Waals surface area contributed by atoms with Crippen molar-refractivity contribution in [2.24, 2.45) is 0 Å². The number of nitrogens with zero attached hydrogens (tertiary/aromatic N) is 1. The summed E-state index contributed by atoms with van der Waals surface area (Å²) in [5.41, 5.74) is 0. The molecular weight excluding hydrogens is 238 g/mol. The third-order valence-corrected chi connectivity index (χ3v) is 5.08. The maximum Gasteiger partial charge on any atom is 0.288 e. The number of amides is 1. The Bertz CT molecular complexity index is 376. The minimum Gasteiger partial charge on any atom is -0.488 e. The number of hydrogen-bond acceptors (Lipinski definition) is 3. The summed E-state index contributed by atoms with van der Waals surface area (Å²) in [6.07, 6.45) is 3.75. The second kappa shape index (κ2) is 4.80. The van der Waals surface area contributed by atoms with Crippen molar-refractivity contribution in [1.82, 2.24) is 4.90 Å². The Hall–Kier alpha value is -0.840. The van der Waals surface area contributed by atoms with Crippen LogP contribution >= 0.6 is 0 Å². The molecule has 0 bridgehead atoms. The van der Waals surface area contributed by atoms with Crippen LogP contribution in [0, 0.1) is 0 Å². The van der Waals surface area contributed by atoms with Gasteiger partial charge in [-0.25, -0.2) is 0 Å². The van der Waals surface area contributed by atoms with Crippen LogP contribution in [0.2, 0.25) is 0 Å². The zero-order chi connectivity index (χ0) is 12.5. The molecule has 0 radical (unpaired) electrons. The quantitative estimate of drug-likeness (QED) is 0.705. The predicted molar refractivity (Wildman–Crippen MR) is 66.9 cm³/mol. The molecule has 5 heteroatoms. The van der Waals surface area contributed by atoms with Gasteiger partial charge in [0.25, 0.3) is 5.91 Å². The molecule has 1 atom stereocenters. The topological polar surface area (TPSA) is 46.6 Å². The van der Waals surface area contributed by atoms with Crippen molar-refractivity contribution >= 4 is 16.7 Å². The van der Waals surface area contributed by atoms with Gasteiger partial charge in [0.15, 0.2) is 5.76 Å². The smallest absolute Gasteiger partial charge is 0.288 e. The molecule has 0 spiro atoms. The first kappa shape index (κ1) is 12.6. The molecule has 1 fully saturated rings. The Morgan fingerprint density at radius 2 is 2.29 bits per heavy atom. The van der Waals surface area contributed by atoms with Crippen LogP contribution in [0.3, 0.4) is 0 Å². The van der Waals surface area contributed by atoms with Crippen molar-refractivity contribution in [2.45, 2.75) is 31.4 Å². The third-order valence-electron chi connectivity index (χ3n) is 3.17. The number of carbonyl (C=O) groups is 1. The van der Waals surface area contributed by atoms with Crippen molar-refractivity contribution in [2.75, 3.05) is 25.4 Å². The van der Waals surface area contributed by atoms with Crippen LogP contribution in [-0.2, 0) is 20.3 Å². The fourth-order valence-corrected chi connectivity index (χ4v) is 3.35. The van der Waals surface area contributed by atoms with Crippen LogP contribution in [0.4, 0.5) is 0 Å². The second-order valence-corrected chi connectivity index (χ2v) is 7.30. The van der Waals surface area contributed by atoms with E-state index in [-0.39, 0.29) is 10.7 Å². The zero-order valence-corrected chi connectivity index (χ0v) is 11.2. The summed E-state index contributed by atoms with van der Waals surface area (Å²) in [4.78, 5) is 13.9. The van der Waals surface area contributed by atoms with Gasteiger partial charge in [-0.15, -0.1) is 0 Å². The second-order valence-electron chi connectivity index (χ2n) is 5.10. The van der Waals surface area contributed by atoms with Gasteiger partial charge in [-0.05, 0) is 32.8 Å². The molecule has 2 heterocycles. The van der Waals surface area contributed by atoms with Crippen LogP contribution in [-0.4, -0.2) is 45.2 Å². The van der Waals surface area contributed by atoms with Crippen molar-refractivity contribution < 1.29 is 13.7 Å². The Labute approximate surface area is 104 Å². The molecule has 0 aliphatic carbocycles. The maximum atomic E-state index is 12.2. The lowest BCUT2D eigenvalue weighted by Crippen LogP contribution is -2.52. The normalized spacial score (nSPS) is 28.2. The third kappa shape index (κ3) is 2.70. The molecule has 1 unspecified atom stereocenters. The predicted octanol–water partition coefficient (Wildman–Crippen LogP) is 1.05. The summed E-state index contributed by atoms with van der Waals surface area (Å²) < 4.78 is 16.9. The first-order valence-corrected chi connectivity index (χ1v) is 7.33. The highest BCUT2D eigenvalue weighted by Crippen LogP contribution is 2.22. The van der Waals surface area contributed by atoms with Gasteiger partial charge in [0.1, 0.15) is 0 Å². The average Bonchev–Trinajstić information content (AvgIpc) is 2.33. The van der Waals surface area contributed by atoms with E-state index in [0.29, 0.717) is 31.2 Å². The lowest BCUT2D eigenvalue weighted by molar-refractivity contribution is -0.131. The van der Waals surface area contributed by atoms with Crippen molar-refractivity contribution in [1.29, 1.82) is 0 Å².